The molecule has 5 rings (SSSR count). The summed E-state index contributed by atoms with van der Waals surface area (Å²) in [6, 6.07) is 11.9. The number of carbonyl (C=O) groups is 1. The van der Waals surface area contributed by atoms with E-state index in [1.807, 2.05) is 12.1 Å². The van der Waals surface area contributed by atoms with Gasteiger partial charge in [-0.05, 0) is 77.6 Å². The predicted octanol–water partition coefficient (Wildman–Crippen LogP) is 4.19. The molecular weight excluding hydrogens is 501 g/mol. The molecule has 0 fully saturated rings. The summed E-state index contributed by atoms with van der Waals surface area (Å²) in [4.78, 5) is 13.6. The third-order valence-corrected chi connectivity index (χ3v) is 7.93. The molecule has 0 saturated carbocycles. The average molecular weight is 528 g/mol. The van der Waals surface area contributed by atoms with E-state index in [0.29, 0.717) is 24.5 Å². The Morgan fingerprint density at radius 2 is 1.65 bits per heavy atom. The van der Waals surface area contributed by atoms with Crippen molar-refractivity contribution in [1.82, 2.24) is 4.90 Å². The number of hydrogen-bond acceptors (Lipinski definition) is 8. The lowest BCUT2D eigenvalue weighted by Gasteiger charge is -2.41. The molecule has 2 aliphatic heterocycles. The van der Waals surface area contributed by atoms with E-state index < -0.39 is 21.9 Å². The van der Waals surface area contributed by atoms with Gasteiger partial charge in [0.1, 0.15) is 10.7 Å². The van der Waals surface area contributed by atoms with Crippen molar-refractivity contribution < 1.29 is 36.0 Å². The number of ether oxygens (including phenoxy) is 3. The Bertz CT molecular complexity index is 1490. The monoisotopic (exact) mass is 527 g/mol. The zero-order valence-electron chi connectivity index (χ0n) is 20.6. The molecule has 10 heteroatoms. The molecular formula is C27H26FNO7S. The Morgan fingerprint density at radius 3 is 2.35 bits per heavy atom. The quantitative estimate of drug-likeness (QED) is 0.268. The first kappa shape index (κ1) is 25.0. The van der Waals surface area contributed by atoms with Crippen molar-refractivity contribution in [1.29, 1.82) is 0 Å². The van der Waals surface area contributed by atoms with E-state index in [4.69, 9.17) is 18.4 Å². The van der Waals surface area contributed by atoms with Crippen molar-refractivity contribution in [3.63, 3.8) is 0 Å². The lowest BCUT2D eigenvalue weighted by atomic mass is 9.83. The molecule has 37 heavy (non-hydrogen) atoms. The van der Waals surface area contributed by atoms with E-state index in [9.17, 15) is 17.6 Å². The molecule has 1 atom stereocenters. The molecule has 194 valence electrons. The molecule has 1 unspecified atom stereocenters. The van der Waals surface area contributed by atoms with Gasteiger partial charge < -0.3 is 18.4 Å². The first-order valence-corrected chi connectivity index (χ1v) is 13.1. The number of esters is 1. The number of rotatable bonds is 6. The molecule has 0 bridgehead atoms. The van der Waals surface area contributed by atoms with Crippen LogP contribution in [0.5, 0.6) is 23.0 Å². The van der Waals surface area contributed by atoms with Gasteiger partial charge in [-0.15, -0.1) is 0 Å². The Kier molecular flexibility index (Phi) is 6.55. The highest BCUT2D eigenvalue weighted by Crippen LogP contribution is 2.44. The third kappa shape index (κ3) is 4.86. The maximum atomic E-state index is 13.6. The highest BCUT2D eigenvalue weighted by atomic mass is 32.2. The van der Waals surface area contributed by atoms with Crippen LogP contribution in [0.4, 0.5) is 4.39 Å². The molecule has 0 aromatic heterocycles. The molecule has 0 spiro atoms. The number of benzene rings is 3. The summed E-state index contributed by atoms with van der Waals surface area (Å²) in [5.41, 5.74) is 4.06. The van der Waals surface area contributed by atoms with Gasteiger partial charge in [-0.1, -0.05) is 6.07 Å². The highest BCUT2D eigenvalue weighted by molar-refractivity contribution is 7.87. The van der Waals surface area contributed by atoms with E-state index >= 15 is 0 Å². The molecule has 0 N–H and O–H groups in total. The van der Waals surface area contributed by atoms with Crippen LogP contribution in [0.15, 0.2) is 53.4 Å². The fourth-order valence-corrected chi connectivity index (χ4v) is 5.97. The summed E-state index contributed by atoms with van der Waals surface area (Å²) in [7, 11) is -1.31. The second-order valence-corrected chi connectivity index (χ2v) is 10.5. The number of nitrogens with zero attached hydrogens (tertiary/aromatic N) is 1. The maximum Gasteiger partial charge on any atom is 0.339 e. The van der Waals surface area contributed by atoms with Crippen LogP contribution in [0.3, 0.4) is 0 Å². The summed E-state index contributed by atoms with van der Waals surface area (Å²) in [5, 5.41) is 0. The van der Waals surface area contributed by atoms with Crippen molar-refractivity contribution in [2.24, 2.45) is 0 Å². The van der Waals surface area contributed by atoms with Crippen molar-refractivity contribution in [2.45, 2.75) is 37.2 Å². The Hall–Kier alpha value is -3.63. The van der Waals surface area contributed by atoms with Crippen LogP contribution in [0.2, 0.25) is 0 Å². The van der Waals surface area contributed by atoms with Gasteiger partial charge in [0.2, 0.25) is 0 Å². The number of halogens is 1. The fraction of sp³-hybridized carbons (Fsp3) is 0.296. The summed E-state index contributed by atoms with van der Waals surface area (Å²) >= 11 is 0. The number of fused-ring (bicyclic) bond motifs is 4. The molecule has 0 radical (unpaired) electrons. The molecule has 2 heterocycles. The number of hydrogen-bond donors (Lipinski definition) is 0. The first-order chi connectivity index (χ1) is 17.7. The van der Waals surface area contributed by atoms with Crippen LogP contribution in [0, 0.1) is 5.82 Å². The molecule has 2 aliphatic rings. The fourth-order valence-electron chi connectivity index (χ4n) is 5.01. The molecule has 8 nitrogen and oxygen atoms in total. The van der Waals surface area contributed by atoms with Crippen molar-refractivity contribution in [3.8, 4) is 23.0 Å². The van der Waals surface area contributed by atoms with E-state index in [1.165, 1.54) is 33.3 Å². The summed E-state index contributed by atoms with van der Waals surface area (Å²) in [6.07, 6.45) is 1.38. The predicted molar refractivity (Wildman–Crippen MR) is 132 cm³/mol. The lowest BCUT2D eigenvalue weighted by molar-refractivity contribution is -0.132. The zero-order valence-corrected chi connectivity index (χ0v) is 21.4. The second-order valence-electron chi connectivity index (χ2n) is 9.00. The van der Waals surface area contributed by atoms with Crippen LogP contribution in [-0.4, -0.2) is 40.1 Å². The second kappa shape index (κ2) is 9.68. The lowest BCUT2D eigenvalue weighted by Crippen LogP contribution is -2.39. The van der Waals surface area contributed by atoms with Gasteiger partial charge in [0.05, 0.1) is 14.2 Å². The van der Waals surface area contributed by atoms with Gasteiger partial charge in [0, 0.05) is 26.1 Å². The summed E-state index contributed by atoms with van der Waals surface area (Å²) in [5.74, 6) is 0.0883. The van der Waals surface area contributed by atoms with E-state index in [0.717, 1.165) is 47.4 Å². The maximum absolute atomic E-state index is 13.6. The van der Waals surface area contributed by atoms with Crippen LogP contribution in [0.25, 0.3) is 0 Å². The Balaban J connectivity index is 1.50. The molecule has 0 aliphatic carbocycles. The SMILES string of the molecule is COc1cc2c(cc1OC(C)=O)CCN1Cc3cc(OC)c(OS(=O)(=O)c4cccc(F)c4)cc3CC21. The minimum atomic E-state index is -4.28. The smallest absolute Gasteiger partial charge is 0.339 e. The third-order valence-electron chi connectivity index (χ3n) is 6.70. The van der Waals surface area contributed by atoms with Crippen molar-refractivity contribution >= 4 is 16.1 Å². The van der Waals surface area contributed by atoms with Gasteiger partial charge in [-0.3, -0.25) is 9.69 Å². The van der Waals surface area contributed by atoms with E-state index in [2.05, 4.69) is 4.90 Å². The Morgan fingerprint density at radius 1 is 0.946 bits per heavy atom. The largest absolute Gasteiger partial charge is 0.493 e. The highest BCUT2D eigenvalue weighted by Gasteiger charge is 2.34. The van der Waals surface area contributed by atoms with Gasteiger partial charge in [-0.25, -0.2) is 4.39 Å². The molecule has 3 aromatic carbocycles. The van der Waals surface area contributed by atoms with Gasteiger partial charge in [0.25, 0.3) is 0 Å². The summed E-state index contributed by atoms with van der Waals surface area (Å²) < 4.78 is 61.1. The molecule has 0 saturated heterocycles. The standard InChI is InChI=1S/C27H26FNO7S/c1-16(30)35-26-10-17-7-8-29-15-19-12-24(33-2)27(36-37(31,32)21-6-4-5-20(28)13-21)11-18(19)9-23(29)22(17)14-25(26)34-3/h4-6,10-14,23H,7-9,15H2,1-3H3. The van der Waals surface area contributed by atoms with E-state index in [-0.39, 0.29) is 22.4 Å². The van der Waals surface area contributed by atoms with Gasteiger partial charge >= 0.3 is 16.1 Å². The van der Waals surface area contributed by atoms with E-state index in [1.54, 1.807) is 12.1 Å². The zero-order chi connectivity index (χ0) is 26.3. The number of methoxy groups -OCH3 is 2. The molecule has 3 aromatic rings. The Labute approximate surface area is 214 Å². The van der Waals surface area contributed by atoms with Gasteiger partial charge in [0.15, 0.2) is 23.0 Å². The minimum absolute atomic E-state index is 0.0117. The van der Waals surface area contributed by atoms with Crippen LogP contribution < -0.4 is 18.4 Å². The topological polar surface area (TPSA) is 91.4 Å². The van der Waals surface area contributed by atoms with Crippen molar-refractivity contribution in [2.75, 3.05) is 20.8 Å². The average Bonchev–Trinajstić information content (AvgIpc) is 2.86. The first-order valence-electron chi connectivity index (χ1n) is 11.7. The molecule has 0 amide bonds. The minimum Gasteiger partial charge on any atom is -0.493 e. The van der Waals surface area contributed by atoms with Crippen LogP contribution in [0.1, 0.15) is 35.2 Å². The van der Waals surface area contributed by atoms with Gasteiger partial charge in [-0.2, -0.15) is 8.42 Å². The normalized spacial score (nSPS) is 16.7. The van der Waals surface area contributed by atoms with Crippen LogP contribution >= 0.6 is 0 Å². The number of carbonyl (C=O) groups excluding carboxylic acids is 1. The summed E-state index contributed by atoms with van der Waals surface area (Å²) in [6.45, 7) is 2.79. The van der Waals surface area contributed by atoms with Crippen molar-refractivity contribution in [3.05, 3.63) is 76.6 Å². The van der Waals surface area contributed by atoms with Crippen LogP contribution in [-0.2, 0) is 34.3 Å².